The van der Waals surface area contributed by atoms with Crippen molar-refractivity contribution in [3.63, 3.8) is 0 Å². The molecule has 0 fully saturated rings. The predicted octanol–water partition coefficient (Wildman–Crippen LogP) is 12.6. The average molecular weight is 606 g/mol. The monoisotopic (exact) mass is 605 g/mol. The number of aromatic nitrogens is 1. The molecule has 0 saturated heterocycles. The van der Waals surface area contributed by atoms with Crippen LogP contribution < -0.4 is 0 Å². The molecule has 0 amide bonds. The Bertz CT molecular complexity index is 3040. The van der Waals surface area contributed by atoms with Crippen molar-refractivity contribution in [1.29, 1.82) is 0 Å². The second kappa shape index (κ2) is 8.87. The van der Waals surface area contributed by atoms with Crippen molar-refractivity contribution >= 4 is 97.2 Å². The lowest BCUT2D eigenvalue weighted by Crippen LogP contribution is -1.93. The van der Waals surface area contributed by atoms with Gasteiger partial charge in [0.05, 0.1) is 11.0 Å². The van der Waals surface area contributed by atoms with Gasteiger partial charge >= 0.3 is 0 Å². The second-order valence-electron chi connectivity index (χ2n) is 12.0. The summed E-state index contributed by atoms with van der Waals surface area (Å²) in [5, 5.41) is 9.70. The Morgan fingerprint density at radius 3 is 1.87 bits per heavy atom. The summed E-state index contributed by atoms with van der Waals surface area (Å²) in [6.07, 6.45) is 0. The standard InChI is InChI=1S/C42H23NO2S/c1-4-14-31-27(9-1)41-32(21-22-38-42(41)30-11-3-6-18-37(30)46-38)43(31)24-19-20-29-36(23-24)45-35-17-8-13-26(40(29)35)25-12-7-16-34-39(25)28-10-2-5-15-33(28)44-34/h1-23H. The van der Waals surface area contributed by atoms with Gasteiger partial charge in [0.1, 0.15) is 22.3 Å². The Morgan fingerprint density at radius 1 is 0.391 bits per heavy atom. The number of hydrogen-bond acceptors (Lipinski definition) is 3. The fraction of sp³-hybridized carbons (Fsp3) is 0. The molecular formula is C42H23NO2S. The van der Waals surface area contributed by atoms with E-state index in [9.17, 15) is 0 Å². The van der Waals surface area contributed by atoms with E-state index < -0.39 is 0 Å². The van der Waals surface area contributed by atoms with E-state index in [4.69, 9.17) is 8.83 Å². The maximum absolute atomic E-state index is 6.64. The number of thiophene rings is 1. The van der Waals surface area contributed by atoms with Gasteiger partial charge in [-0.1, -0.05) is 78.9 Å². The number of benzene rings is 7. The van der Waals surface area contributed by atoms with E-state index in [2.05, 4.69) is 132 Å². The minimum Gasteiger partial charge on any atom is -0.456 e. The molecular weight excluding hydrogens is 583 g/mol. The Hall–Kier alpha value is -5.84. The first-order valence-corrected chi connectivity index (χ1v) is 16.3. The molecule has 0 spiro atoms. The normalized spacial score (nSPS) is 12.3. The van der Waals surface area contributed by atoms with Crippen LogP contribution >= 0.6 is 11.3 Å². The molecule has 4 heteroatoms. The third kappa shape index (κ3) is 3.16. The van der Waals surface area contributed by atoms with Gasteiger partial charge in [0.2, 0.25) is 0 Å². The third-order valence-electron chi connectivity index (χ3n) is 9.61. The highest BCUT2D eigenvalue weighted by atomic mass is 32.1. The van der Waals surface area contributed by atoms with E-state index >= 15 is 0 Å². The molecule has 7 aromatic carbocycles. The minimum atomic E-state index is 0.872. The topological polar surface area (TPSA) is 31.2 Å². The lowest BCUT2D eigenvalue weighted by molar-refractivity contribution is 0.668. The Morgan fingerprint density at radius 2 is 1.04 bits per heavy atom. The van der Waals surface area contributed by atoms with Gasteiger partial charge in [-0.05, 0) is 65.7 Å². The molecule has 0 radical (unpaired) electrons. The fourth-order valence-corrected chi connectivity index (χ4v) is 8.84. The Balaban J connectivity index is 1.18. The SMILES string of the molecule is c1ccc2c(c1)oc1cccc(-c3cccc4oc5cc(-n6c7ccccc7c7c8c(ccc76)sc6ccccc68)ccc5c34)c12. The molecule has 214 valence electrons. The molecule has 4 aromatic heterocycles. The van der Waals surface area contributed by atoms with Crippen molar-refractivity contribution < 1.29 is 8.83 Å². The zero-order chi connectivity index (χ0) is 29.9. The van der Waals surface area contributed by atoms with Crippen LogP contribution in [-0.4, -0.2) is 4.57 Å². The van der Waals surface area contributed by atoms with Crippen molar-refractivity contribution in [1.82, 2.24) is 4.57 Å². The van der Waals surface area contributed by atoms with Crippen molar-refractivity contribution in [2.75, 3.05) is 0 Å². The highest BCUT2D eigenvalue weighted by molar-refractivity contribution is 7.26. The van der Waals surface area contributed by atoms with Crippen molar-refractivity contribution in [2.24, 2.45) is 0 Å². The first-order valence-electron chi connectivity index (χ1n) is 15.5. The molecule has 0 atom stereocenters. The van der Waals surface area contributed by atoms with Gasteiger partial charge in [-0.3, -0.25) is 0 Å². The predicted molar refractivity (Wildman–Crippen MR) is 194 cm³/mol. The number of furan rings is 2. The quantitative estimate of drug-likeness (QED) is 0.196. The number of rotatable bonds is 2. The van der Waals surface area contributed by atoms with E-state index in [0.717, 1.165) is 60.7 Å². The van der Waals surface area contributed by atoms with Crippen molar-refractivity contribution in [2.45, 2.75) is 0 Å². The first-order chi connectivity index (χ1) is 22.8. The molecule has 11 aromatic rings. The van der Waals surface area contributed by atoms with Gasteiger partial charge in [0.25, 0.3) is 0 Å². The van der Waals surface area contributed by atoms with Crippen LogP contribution in [0, 0.1) is 0 Å². The van der Waals surface area contributed by atoms with Gasteiger partial charge < -0.3 is 13.4 Å². The molecule has 46 heavy (non-hydrogen) atoms. The largest absolute Gasteiger partial charge is 0.456 e. The Kier molecular flexibility index (Phi) is 4.72. The number of nitrogens with zero attached hydrogens (tertiary/aromatic N) is 1. The third-order valence-corrected chi connectivity index (χ3v) is 10.7. The smallest absolute Gasteiger partial charge is 0.137 e. The van der Waals surface area contributed by atoms with Crippen LogP contribution in [0.2, 0.25) is 0 Å². The number of fused-ring (bicyclic) bond motifs is 13. The minimum absolute atomic E-state index is 0.872. The molecule has 4 heterocycles. The highest BCUT2D eigenvalue weighted by Gasteiger charge is 2.20. The summed E-state index contributed by atoms with van der Waals surface area (Å²) in [5.41, 5.74) is 9.31. The summed E-state index contributed by atoms with van der Waals surface area (Å²) < 4.78 is 17.9. The molecule has 0 aliphatic heterocycles. The van der Waals surface area contributed by atoms with Crippen LogP contribution in [0.4, 0.5) is 0 Å². The molecule has 0 N–H and O–H groups in total. The molecule has 3 nitrogen and oxygen atoms in total. The lowest BCUT2D eigenvalue weighted by atomic mass is 9.95. The van der Waals surface area contributed by atoms with Gasteiger partial charge in [0.15, 0.2) is 0 Å². The summed E-state index contributed by atoms with van der Waals surface area (Å²) in [7, 11) is 0. The van der Waals surface area contributed by atoms with Crippen LogP contribution in [0.25, 0.3) is 103 Å². The fourth-order valence-electron chi connectivity index (χ4n) is 7.73. The van der Waals surface area contributed by atoms with Gasteiger partial charge in [-0.2, -0.15) is 0 Å². The molecule has 0 unspecified atom stereocenters. The number of hydrogen-bond donors (Lipinski definition) is 0. The van der Waals surface area contributed by atoms with E-state index in [0.29, 0.717) is 0 Å². The Labute approximate surface area is 266 Å². The molecule has 0 aliphatic carbocycles. The van der Waals surface area contributed by atoms with Crippen molar-refractivity contribution in [3.05, 3.63) is 140 Å². The zero-order valence-corrected chi connectivity index (χ0v) is 25.3. The molecule has 0 aliphatic rings. The summed E-state index contributed by atoms with van der Waals surface area (Å²) in [6, 6.07) is 49.7. The lowest BCUT2D eigenvalue weighted by Gasteiger charge is -2.08. The van der Waals surface area contributed by atoms with Crippen LogP contribution in [0.3, 0.4) is 0 Å². The van der Waals surface area contributed by atoms with Gasteiger partial charge in [-0.15, -0.1) is 11.3 Å². The van der Waals surface area contributed by atoms with Crippen molar-refractivity contribution in [3.8, 4) is 16.8 Å². The summed E-state index contributed by atoms with van der Waals surface area (Å²) in [6.45, 7) is 0. The van der Waals surface area contributed by atoms with Crippen LogP contribution in [0.1, 0.15) is 0 Å². The molecule has 0 bridgehead atoms. The van der Waals surface area contributed by atoms with Crippen LogP contribution in [0.15, 0.2) is 148 Å². The van der Waals surface area contributed by atoms with E-state index in [1.165, 1.54) is 42.0 Å². The first kappa shape index (κ1) is 24.5. The summed E-state index contributed by atoms with van der Waals surface area (Å²) in [4.78, 5) is 0. The average Bonchev–Trinajstić information content (AvgIpc) is 3.86. The van der Waals surface area contributed by atoms with Gasteiger partial charge in [-0.25, -0.2) is 0 Å². The molecule has 11 rings (SSSR count). The second-order valence-corrected chi connectivity index (χ2v) is 13.1. The number of para-hydroxylation sites is 2. The summed E-state index contributed by atoms with van der Waals surface area (Å²) >= 11 is 1.87. The maximum atomic E-state index is 6.64. The van der Waals surface area contributed by atoms with Gasteiger partial charge in [0, 0.05) is 64.2 Å². The van der Waals surface area contributed by atoms with E-state index in [1.807, 2.05) is 23.5 Å². The summed E-state index contributed by atoms with van der Waals surface area (Å²) in [5.74, 6) is 0. The zero-order valence-electron chi connectivity index (χ0n) is 24.5. The van der Waals surface area contributed by atoms with Crippen LogP contribution in [0.5, 0.6) is 0 Å². The van der Waals surface area contributed by atoms with E-state index in [1.54, 1.807) is 0 Å². The molecule has 0 saturated carbocycles. The highest BCUT2D eigenvalue weighted by Crippen LogP contribution is 2.45. The van der Waals surface area contributed by atoms with E-state index in [-0.39, 0.29) is 0 Å². The van der Waals surface area contributed by atoms with Crippen LogP contribution in [-0.2, 0) is 0 Å². The maximum Gasteiger partial charge on any atom is 0.137 e.